The summed E-state index contributed by atoms with van der Waals surface area (Å²) in [5.74, 6) is 2.01. The van der Waals surface area contributed by atoms with Gasteiger partial charge in [-0.3, -0.25) is 0 Å². The molecular weight excluding hydrogens is 322 g/mol. The maximum atomic E-state index is 11.7. The van der Waals surface area contributed by atoms with Crippen LogP contribution in [0.3, 0.4) is 0 Å². The molecule has 128 valence electrons. The zero-order chi connectivity index (χ0) is 17.5. The van der Waals surface area contributed by atoms with Crippen LogP contribution in [-0.4, -0.2) is 29.9 Å². The molecule has 1 aromatic heterocycles. The van der Waals surface area contributed by atoms with Gasteiger partial charge >= 0.3 is 6.09 Å². The van der Waals surface area contributed by atoms with Gasteiger partial charge in [-0.1, -0.05) is 35.5 Å². The highest BCUT2D eigenvalue weighted by atomic mass is 16.6. The van der Waals surface area contributed by atoms with Crippen LogP contribution < -0.4 is 14.8 Å². The summed E-state index contributed by atoms with van der Waals surface area (Å²) in [7, 11) is 1.59. The zero-order valence-corrected chi connectivity index (χ0v) is 13.6. The molecule has 0 aliphatic rings. The van der Waals surface area contributed by atoms with Crippen LogP contribution in [0, 0.1) is 0 Å². The van der Waals surface area contributed by atoms with Crippen LogP contribution in [0.15, 0.2) is 59.1 Å². The number of aromatic nitrogens is 2. The van der Waals surface area contributed by atoms with Crippen molar-refractivity contribution in [1.82, 2.24) is 15.5 Å². The summed E-state index contributed by atoms with van der Waals surface area (Å²) in [4.78, 5) is 16.0. The number of methoxy groups -OCH3 is 1. The molecule has 0 radical (unpaired) electrons. The van der Waals surface area contributed by atoms with Gasteiger partial charge in [0.1, 0.15) is 11.5 Å². The van der Waals surface area contributed by atoms with E-state index in [-0.39, 0.29) is 0 Å². The molecule has 0 aliphatic carbocycles. The Bertz CT molecular complexity index is 833. The van der Waals surface area contributed by atoms with E-state index in [2.05, 4.69) is 15.5 Å². The van der Waals surface area contributed by atoms with Gasteiger partial charge in [-0.15, -0.1) is 0 Å². The number of ether oxygens (including phenoxy) is 2. The van der Waals surface area contributed by atoms with Crippen molar-refractivity contribution in [2.24, 2.45) is 0 Å². The van der Waals surface area contributed by atoms with Gasteiger partial charge in [0, 0.05) is 13.0 Å². The highest BCUT2D eigenvalue weighted by Gasteiger charge is 2.13. The molecule has 1 heterocycles. The Morgan fingerprint density at radius 3 is 2.68 bits per heavy atom. The minimum absolute atomic E-state index is 0.319. The fourth-order valence-corrected chi connectivity index (χ4v) is 2.20. The zero-order valence-electron chi connectivity index (χ0n) is 13.6. The van der Waals surface area contributed by atoms with Crippen LogP contribution in [0.1, 0.15) is 5.89 Å². The van der Waals surface area contributed by atoms with Crippen LogP contribution in [-0.2, 0) is 6.42 Å². The third-order valence-corrected chi connectivity index (χ3v) is 3.38. The second-order valence-electron chi connectivity index (χ2n) is 5.09. The van der Waals surface area contributed by atoms with E-state index in [0.29, 0.717) is 36.2 Å². The molecule has 0 atom stereocenters. The smallest absolute Gasteiger partial charge is 0.412 e. The normalized spacial score (nSPS) is 10.3. The lowest BCUT2D eigenvalue weighted by Gasteiger charge is -2.04. The quantitative estimate of drug-likeness (QED) is 0.743. The minimum atomic E-state index is -0.532. The molecule has 1 amide bonds. The number of carbonyl (C=O) groups excluding carboxylic acids is 1. The standard InChI is InChI=1S/C18H17N3O4/c1-23-15-10-6-5-9-14(15)17-20-16(25-21-17)11-12-19-18(22)24-13-7-3-2-4-8-13/h2-10H,11-12H2,1H3,(H,19,22). The summed E-state index contributed by atoms with van der Waals surface area (Å²) in [5, 5.41) is 6.59. The lowest BCUT2D eigenvalue weighted by atomic mass is 10.2. The first-order chi connectivity index (χ1) is 12.3. The molecule has 0 aliphatic heterocycles. The highest BCUT2D eigenvalue weighted by Crippen LogP contribution is 2.26. The summed E-state index contributed by atoms with van der Waals surface area (Å²) in [5.41, 5.74) is 0.747. The van der Waals surface area contributed by atoms with Gasteiger partial charge in [-0.2, -0.15) is 4.98 Å². The molecule has 7 nitrogen and oxygen atoms in total. The lowest BCUT2D eigenvalue weighted by molar-refractivity contribution is 0.200. The molecule has 0 unspecified atom stereocenters. The number of benzene rings is 2. The van der Waals surface area contributed by atoms with E-state index in [0.717, 1.165) is 5.56 Å². The van der Waals surface area contributed by atoms with Crippen LogP contribution >= 0.6 is 0 Å². The Morgan fingerprint density at radius 2 is 1.88 bits per heavy atom. The Labute approximate surface area is 144 Å². The first-order valence-corrected chi connectivity index (χ1v) is 7.73. The molecule has 2 aromatic carbocycles. The molecule has 0 saturated heterocycles. The molecular formula is C18H17N3O4. The predicted molar refractivity (Wildman–Crippen MR) is 90.5 cm³/mol. The van der Waals surface area contributed by atoms with E-state index >= 15 is 0 Å². The number of hydrogen-bond donors (Lipinski definition) is 1. The third kappa shape index (κ3) is 4.35. The van der Waals surface area contributed by atoms with E-state index in [1.807, 2.05) is 30.3 Å². The van der Waals surface area contributed by atoms with E-state index in [4.69, 9.17) is 14.0 Å². The molecule has 0 fully saturated rings. The monoisotopic (exact) mass is 339 g/mol. The summed E-state index contributed by atoms with van der Waals surface area (Å²) in [6.45, 7) is 0.319. The van der Waals surface area contributed by atoms with Gasteiger partial charge in [-0.25, -0.2) is 4.79 Å². The van der Waals surface area contributed by atoms with E-state index in [9.17, 15) is 4.79 Å². The van der Waals surface area contributed by atoms with Crippen LogP contribution in [0.2, 0.25) is 0 Å². The Morgan fingerprint density at radius 1 is 1.12 bits per heavy atom. The van der Waals surface area contributed by atoms with Crippen LogP contribution in [0.25, 0.3) is 11.4 Å². The van der Waals surface area contributed by atoms with Crippen molar-refractivity contribution in [3.8, 4) is 22.9 Å². The molecule has 1 N–H and O–H groups in total. The molecule has 0 bridgehead atoms. The minimum Gasteiger partial charge on any atom is -0.496 e. The summed E-state index contributed by atoms with van der Waals surface area (Å²) < 4.78 is 15.6. The van der Waals surface area contributed by atoms with Crippen molar-refractivity contribution in [2.45, 2.75) is 6.42 Å². The number of amides is 1. The second kappa shape index (κ2) is 7.96. The van der Waals surface area contributed by atoms with Crippen LogP contribution in [0.4, 0.5) is 4.79 Å². The largest absolute Gasteiger partial charge is 0.496 e. The van der Waals surface area contributed by atoms with E-state index < -0.39 is 6.09 Å². The lowest BCUT2D eigenvalue weighted by Crippen LogP contribution is -2.28. The van der Waals surface area contributed by atoms with Crippen molar-refractivity contribution < 1.29 is 18.8 Å². The van der Waals surface area contributed by atoms with Crippen molar-refractivity contribution in [1.29, 1.82) is 0 Å². The maximum absolute atomic E-state index is 11.7. The Balaban J connectivity index is 1.53. The molecule has 3 rings (SSSR count). The van der Waals surface area contributed by atoms with Crippen LogP contribution in [0.5, 0.6) is 11.5 Å². The van der Waals surface area contributed by atoms with Gasteiger partial charge in [0.2, 0.25) is 11.7 Å². The summed E-state index contributed by atoms with van der Waals surface area (Å²) in [6.07, 6.45) is -0.137. The van der Waals surface area contributed by atoms with E-state index in [1.165, 1.54) is 0 Å². The second-order valence-corrected chi connectivity index (χ2v) is 5.09. The van der Waals surface area contributed by atoms with Gasteiger partial charge < -0.3 is 19.3 Å². The fraction of sp³-hybridized carbons (Fsp3) is 0.167. The average molecular weight is 339 g/mol. The molecule has 0 spiro atoms. The maximum Gasteiger partial charge on any atom is 0.412 e. The molecule has 7 heteroatoms. The number of rotatable bonds is 6. The van der Waals surface area contributed by atoms with Crippen molar-refractivity contribution >= 4 is 6.09 Å². The van der Waals surface area contributed by atoms with Gasteiger partial charge in [-0.05, 0) is 24.3 Å². The Kier molecular flexibility index (Phi) is 5.26. The third-order valence-electron chi connectivity index (χ3n) is 3.38. The van der Waals surface area contributed by atoms with E-state index in [1.54, 1.807) is 31.4 Å². The molecule has 3 aromatic rings. The average Bonchev–Trinajstić information content (AvgIpc) is 3.11. The first kappa shape index (κ1) is 16.5. The number of nitrogens with zero attached hydrogens (tertiary/aromatic N) is 2. The molecule has 25 heavy (non-hydrogen) atoms. The van der Waals surface area contributed by atoms with Gasteiger partial charge in [0.25, 0.3) is 0 Å². The number of carbonyl (C=O) groups is 1. The number of hydrogen-bond acceptors (Lipinski definition) is 6. The fourth-order valence-electron chi connectivity index (χ4n) is 2.20. The summed E-state index contributed by atoms with van der Waals surface area (Å²) >= 11 is 0. The highest BCUT2D eigenvalue weighted by molar-refractivity contribution is 5.70. The number of para-hydroxylation sites is 2. The van der Waals surface area contributed by atoms with Crippen molar-refractivity contribution in [3.63, 3.8) is 0 Å². The SMILES string of the molecule is COc1ccccc1-c1noc(CCNC(=O)Oc2ccccc2)n1. The van der Waals surface area contributed by atoms with Crippen molar-refractivity contribution in [3.05, 3.63) is 60.5 Å². The topological polar surface area (TPSA) is 86.5 Å². The van der Waals surface area contributed by atoms with Crippen molar-refractivity contribution in [2.75, 3.05) is 13.7 Å². The van der Waals surface area contributed by atoms with Gasteiger partial charge in [0.05, 0.1) is 12.7 Å². The van der Waals surface area contributed by atoms with Gasteiger partial charge in [0.15, 0.2) is 0 Å². The first-order valence-electron chi connectivity index (χ1n) is 7.73. The number of nitrogens with one attached hydrogen (secondary N) is 1. The summed E-state index contributed by atoms with van der Waals surface area (Å²) in [6, 6.07) is 16.3. The predicted octanol–water partition coefficient (Wildman–Crippen LogP) is 3.08. The Hall–Kier alpha value is -3.35. The molecule has 0 saturated carbocycles.